The molecule has 0 amide bonds. The summed E-state index contributed by atoms with van der Waals surface area (Å²) in [6.07, 6.45) is 0. The minimum atomic E-state index is -0.249. The zero-order chi connectivity index (χ0) is 9.84. The Morgan fingerprint density at radius 3 is 2.00 bits per heavy atom. The molecule has 1 atom stereocenters. The topological polar surface area (TPSA) is 46.2 Å². The summed E-state index contributed by atoms with van der Waals surface area (Å²) in [7, 11) is 0. The average molecular weight is 179 g/mol. The molecule has 1 rings (SSSR count). The summed E-state index contributed by atoms with van der Waals surface area (Å²) in [4.78, 5) is 0. The summed E-state index contributed by atoms with van der Waals surface area (Å²) in [6.45, 7) is 4.31. The van der Waals surface area contributed by atoms with Crippen LogP contribution >= 0.6 is 0 Å². The van der Waals surface area contributed by atoms with E-state index in [-0.39, 0.29) is 12.6 Å². The van der Waals surface area contributed by atoms with E-state index in [0.717, 1.165) is 5.56 Å². The minimum absolute atomic E-state index is 0.00102. The molecule has 0 fully saturated rings. The Labute approximate surface area is 79.4 Å². The van der Waals surface area contributed by atoms with E-state index in [1.165, 1.54) is 5.56 Å². The summed E-state index contributed by atoms with van der Waals surface area (Å²) >= 11 is 0. The summed E-state index contributed by atoms with van der Waals surface area (Å²) in [6, 6.07) is 7.85. The Bertz CT molecular complexity index is 253. The molecule has 0 aromatic heterocycles. The van der Waals surface area contributed by atoms with Gasteiger partial charge in [0.2, 0.25) is 0 Å². The third-order valence-electron chi connectivity index (χ3n) is 2.23. The van der Waals surface area contributed by atoms with E-state index in [2.05, 4.69) is 26.0 Å². The first-order valence-corrected chi connectivity index (χ1v) is 4.61. The molecule has 0 heterocycles. The van der Waals surface area contributed by atoms with Gasteiger partial charge in [-0.05, 0) is 17.0 Å². The van der Waals surface area contributed by atoms with Gasteiger partial charge in [0.15, 0.2) is 0 Å². The Hall–Kier alpha value is -0.860. The van der Waals surface area contributed by atoms with E-state index >= 15 is 0 Å². The predicted molar refractivity (Wildman–Crippen MR) is 54.5 cm³/mol. The maximum absolute atomic E-state index is 8.84. The minimum Gasteiger partial charge on any atom is -0.394 e. The third-order valence-corrected chi connectivity index (χ3v) is 2.23. The molecule has 2 nitrogen and oxygen atoms in total. The number of nitrogens with two attached hydrogens (primary N) is 1. The van der Waals surface area contributed by atoms with Crippen LogP contribution in [0, 0.1) is 0 Å². The zero-order valence-electron chi connectivity index (χ0n) is 8.20. The second kappa shape index (κ2) is 4.40. The lowest BCUT2D eigenvalue weighted by Crippen LogP contribution is -2.14. The quantitative estimate of drug-likeness (QED) is 0.743. The Morgan fingerprint density at radius 1 is 1.15 bits per heavy atom. The van der Waals surface area contributed by atoms with Crippen LogP contribution in [-0.2, 0) is 0 Å². The summed E-state index contributed by atoms with van der Waals surface area (Å²) in [5, 5.41) is 8.84. The highest BCUT2D eigenvalue weighted by molar-refractivity contribution is 5.26. The molecule has 13 heavy (non-hydrogen) atoms. The Morgan fingerprint density at radius 2 is 1.62 bits per heavy atom. The van der Waals surface area contributed by atoms with Crippen LogP contribution in [0.1, 0.15) is 36.9 Å². The highest BCUT2D eigenvalue weighted by Crippen LogP contribution is 2.17. The van der Waals surface area contributed by atoms with Gasteiger partial charge in [0.25, 0.3) is 0 Å². The molecule has 0 radical (unpaired) electrons. The van der Waals surface area contributed by atoms with Crippen molar-refractivity contribution in [2.75, 3.05) is 6.61 Å². The molecule has 0 saturated carbocycles. The SMILES string of the molecule is CC(C)c1ccc([C@H](N)CO)cc1. The van der Waals surface area contributed by atoms with Gasteiger partial charge in [-0.1, -0.05) is 38.1 Å². The van der Waals surface area contributed by atoms with Crippen LogP contribution in [0.3, 0.4) is 0 Å². The van der Waals surface area contributed by atoms with Crippen molar-refractivity contribution in [2.24, 2.45) is 5.73 Å². The molecular formula is C11H17NO. The van der Waals surface area contributed by atoms with E-state index in [1.807, 2.05) is 12.1 Å². The summed E-state index contributed by atoms with van der Waals surface area (Å²) < 4.78 is 0. The van der Waals surface area contributed by atoms with Crippen molar-refractivity contribution in [3.63, 3.8) is 0 Å². The van der Waals surface area contributed by atoms with Gasteiger partial charge in [-0.2, -0.15) is 0 Å². The lowest BCUT2D eigenvalue weighted by atomic mass is 10.00. The first kappa shape index (κ1) is 10.2. The van der Waals surface area contributed by atoms with Crippen LogP contribution in [0.5, 0.6) is 0 Å². The average Bonchev–Trinajstić information content (AvgIpc) is 2.17. The molecule has 0 spiro atoms. The molecule has 0 aliphatic rings. The van der Waals surface area contributed by atoms with Crippen LogP contribution in [0.2, 0.25) is 0 Å². The maximum atomic E-state index is 8.84. The highest BCUT2D eigenvalue weighted by atomic mass is 16.3. The van der Waals surface area contributed by atoms with Crippen molar-refractivity contribution in [3.8, 4) is 0 Å². The number of rotatable bonds is 3. The van der Waals surface area contributed by atoms with E-state index in [9.17, 15) is 0 Å². The lowest BCUT2D eigenvalue weighted by molar-refractivity contribution is 0.268. The van der Waals surface area contributed by atoms with Crippen LogP contribution in [-0.4, -0.2) is 11.7 Å². The van der Waals surface area contributed by atoms with E-state index in [4.69, 9.17) is 10.8 Å². The number of hydrogen-bond donors (Lipinski definition) is 2. The van der Waals surface area contributed by atoms with Crippen LogP contribution in [0.25, 0.3) is 0 Å². The van der Waals surface area contributed by atoms with Crippen molar-refractivity contribution in [1.29, 1.82) is 0 Å². The van der Waals surface area contributed by atoms with Crippen LogP contribution in [0.15, 0.2) is 24.3 Å². The van der Waals surface area contributed by atoms with Crippen LogP contribution < -0.4 is 5.73 Å². The van der Waals surface area contributed by atoms with Crippen LogP contribution in [0.4, 0.5) is 0 Å². The number of benzene rings is 1. The van der Waals surface area contributed by atoms with Crippen molar-refractivity contribution in [1.82, 2.24) is 0 Å². The van der Waals surface area contributed by atoms with E-state index < -0.39 is 0 Å². The molecule has 0 bridgehead atoms. The molecule has 0 aliphatic heterocycles. The Balaban J connectivity index is 2.81. The van der Waals surface area contributed by atoms with Gasteiger partial charge in [-0.25, -0.2) is 0 Å². The van der Waals surface area contributed by atoms with Crippen molar-refractivity contribution < 1.29 is 5.11 Å². The molecule has 3 N–H and O–H groups in total. The molecule has 2 heteroatoms. The number of aliphatic hydroxyl groups excluding tert-OH is 1. The second-order valence-corrected chi connectivity index (χ2v) is 3.61. The maximum Gasteiger partial charge on any atom is 0.0624 e. The molecule has 0 unspecified atom stereocenters. The summed E-state index contributed by atoms with van der Waals surface area (Å²) in [5.74, 6) is 0.541. The first-order chi connectivity index (χ1) is 6.15. The van der Waals surface area contributed by atoms with Gasteiger partial charge in [0, 0.05) is 0 Å². The fourth-order valence-electron chi connectivity index (χ4n) is 1.23. The summed E-state index contributed by atoms with van der Waals surface area (Å²) in [5.41, 5.74) is 7.96. The number of aliphatic hydroxyl groups is 1. The monoisotopic (exact) mass is 179 g/mol. The van der Waals surface area contributed by atoms with Crippen molar-refractivity contribution >= 4 is 0 Å². The third kappa shape index (κ3) is 2.54. The molecule has 1 aromatic rings. The van der Waals surface area contributed by atoms with Gasteiger partial charge in [-0.15, -0.1) is 0 Å². The van der Waals surface area contributed by atoms with Gasteiger partial charge in [-0.3, -0.25) is 0 Å². The fraction of sp³-hybridized carbons (Fsp3) is 0.455. The molecular weight excluding hydrogens is 162 g/mol. The normalized spacial score (nSPS) is 13.3. The highest BCUT2D eigenvalue weighted by Gasteiger charge is 2.04. The largest absolute Gasteiger partial charge is 0.394 e. The zero-order valence-corrected chi connectivity index (χ0v) is 8.20. The van der Waals surface area contributed by atoms with Gasteiger partial charge in [0.05, 0.1) is 12.6 Å². The first-order valence-electron chi connectivity index (χ1n) is 4.61. The molecule has 72 valence electrons. The number of hydrogen-bond acceptors (Lipinski definition) is 2. The van der Waals surface area contributed by atoms with Crippen molar-refractivity contribution in [3.05, 3.63) is 35.4 Å². The Kier molecular flexibility index (Phi) is 3.46. The molecule has 0 saturated heterocycles. The standard InChI is InChI=1S/C11H17NO/c1-8(2)9-3-5-10(6-4-9)11(12)7-13/h3-6,8,11,13H,7,12H2,1-2H3/t11-/m1/s1. The molecule has 1 aromatic carbocycles. The lowest BCUT2D eigenvalue weighted by Gasteiger charge is -2.10. The fourth-order valence-corrected chi connectivity index (χ4v) is 1.23. The van der Waals surface area contributed by atoms with E-state index in [0.29, 0.717) is 5.92 Å². The smallest absolute Gasteiger partial charge is 0.0624 e. The van der Waals surface area contributed by atoms with Crippen molar-refractivity contribution in [2.45, 2.75) is 25.8 Å². The van der Waals surface area contributed by atoms with Gasteiger partial charge in [0.1, 0.15) is 0 Å². The predicted octanol–water partition coefficient (Wildman–Crippen LogP) is 1.80. The van der Waals surface area contributed by atoms with Gasteiger partial charge >= 0.3 is 0 Å². The molecule has 0 aliphatic carbocycles. The second-order valence-electron chi connectivity index (χ2n) is 3.61. The van der Waals surface area contributed by atoms with E-state index in [1.54, 1.807) is 0 Å². The van der Waals surface area contributed by atoms with Gasteiger partial charge < -0.3 is 10.8 Å².